The van der Waals surface area contributed by atoms with Crippen molar-refractivity contribution in [2.45, 2.75) is 33.2 Å². The Morgan fingerprint density at radius 2 is 2.00 bits per heavy atom. The highest BCUT2D eigenvalue weighted by atomic mass is 16.5. The smallest absolute Gasteiger partial charge is 0.306 e. The maximum Gasteiger partial charge on any atom is 0.306 e. The molecule has 0 aliphatic carbocycles. The number of nitrogens with zero attached hydrogens (tertiary/aromatic N) is 2. The first kappa shape index (κ1) is 14.2. The van der Waals surface area contributed by atoms with Gasteiger partial charge in [-0.2, -0.15) is 0 Å². The summed E-state index contributed by atoms with van der Waals surface area (Å²) in [6.45, 7) is 4.21. The Labute approximate surface area is 117 Å². The molecule has 0 radical (unpaired) electrons. The summed E-state index contributed by atoms with van der Waals surface area (Å²) in [6.07, 6.45) is 0.336. The molecule has 1 aromatic heterocycles. The maximum atomic E-state index is 12.0. The zero-order valence-electron chi connectivity index (χ0n) is 11.8. The fraction of sp³-hybridized carbons (Fsp3) is 0.400. The van der Waals surface area contributed by atoms with E-state index in [1.807, 2.05) is 35.8 Å². The molecule has 0 saturated heterocycles. The first-order valence-corrected chi connectivity index (χ1v) is 6.71. The lowest BCUT2D eigenvalue weighted by atomic mass is 10.2. The number of rotatable bonds is 6. The number of hydrogen-bond donors (Lipinski definition) is 0. The molecule has 0 aliphatic heterocycles. The molecule has 0 saturated carbocycles. The van der Waals surface area contributed by atoms with Crippen LogP contribution in [-0.2, 0) is 20.9 Å². The largest absolute Gasteiger partial charge is 0.466 e. The lowest BCUT2D eigenvalue weighted by Crippen LogP contribution is -2.14. The summed E-state index contributed by atoms with van der Waals surface area (Å²) < 4.78 is 6.69. The zero-order valence-corrected chi connectivity index (χ0v) is 11.8. The average Bonchev–Trinajstić information content (AvgIpc) is 2.73. The monoisotopic (exact) mass is 274 g/mol. The summed E-state index contributed by atoms with van der Waals surface area (Å²) in [5, 5.41) is 0. The van der Waals surface area contributed by atoms with Crippen molar-refractivity contribution in [1.82, 2.24) is 9.55 Å². The minimum absolute atomic E-state index is 0.00399. The van der Waals surface area contributed by atoms with Crippen molar-refractivity contribution in [2.24, 2.45) is 0 Å². The number of benzene rings is 1. The standard InChI is InChI=1S/C15H18N2O3/c1-3-20-15(19)9-8-12(18)10-17-11(2)16-13-6-4-5-7-14(13)17/h4-7H,3,8-10H2,1-2H3. The molecule has 5 heteroatoms. The number of para-hydroxylation sites is 2. The van der Waals surface area contributed by atoms with E-state index in [-0.39, 0.29) is 31.1 Å². The third kappa shape index (κ3) is 3.23. The molecule has 2 rings (SSSR count). The Morgan fingerprint density at radius 3 is 2.75 bits per heavy atom. The van der Waals surface area contributed by atoms with Gasteiger partial charge in [-0.05, 0) is 26.0 Å². The van der Waals surface area contributed by atoms with Gasteiger partial charge in [0.2, 0.25) is 0 Å². The molecule has 0 unspecified atom stereocenters. The molecule has 0 atom stereocenters. The van der Waals surface area contributed by atoms with Gasteiger partial charge in [-0.1, -0.05) is 12.1 Å². The Kier molecular flexibility index (Phi) is 4.50. The van der Waals surface area contributed by atoms with E-state index in [2.05, 4.69) is 4.98 Å². The van der Waals surface area contributed by atoms with Crippen LogP contribution in [0.25, 0.3) is 11.0 Å². The maximum absolute atomic E-state index is 12.0. The Balaban J connectivity index is 2.03. The van der Waals surface area contributed by atoms with E-state index in [1.54, 1.807) is 6.92 Å². The van der Waals surface area contributed by atoms with Crippen LogP contribution in [0.1, 0.15) is 25.6 Å². The normalized spacial score (nSPS) is 10.7. The summed E-state index contributed by atoms with van der Waals surface area (Å²) in [5.74, 6) is 0.480. The van der Waals surface area contributed by atoms with Crippen molar-refractivity contribution in [3.8, 4) is 0 Å². The molecule has 0 N–H and O–H groups in total. The Bertz CT molecular complexity index is 631. The predicted molar refractivity (Wildman–Crippen MR) is 75.3 cm³/mol. The highest BCUT2D eigenvalue weighted by Crippen LogP contribution is 2.15. The molecule has 5 nitrogen and oxygen atoms in total. The number of esters is 1. The number of carbonyl (C=O) groups is 2. The van der Waals surface area contributed by atoms with Gasteiger partial charge in [-0.15, -0.1) is 0 Å². The molecule has 1 heterocycles. The summed E-state index contributed by atoms with van der Waals surface area (Å²) in [5.41, 5.74) is 1.82. The molecule has 20 heavy (non-hydrogen) atoms. The van der Waals surface area contributed by atoms with Gasteiger partial charge in [0.25, 0.3) is 0 Å². The van der Waals surface area contributed by atoms with Gasteiger partial charge in [0, 0.05) is 6.42 Å². The van der Waals surface area contributed by atoms with E-state index >= 15 is 0 Å². The fourth-order valence-electron chi connectivity index (χ4n) is 2.13. The molecular formula is C15H18N2O3. The van der Waals surface area contributed by atoms with Crippen molar-refractivity contribution in [2.75, 3.05) is 6.61 Å². The minimum atomic E-state index is -0.326. The number of aromatic nitrogens is 2. The summed E-state index contributed by atoms with van der Waals surface area (Å²) in [6, 6.07) is 7.70. The van der Waals surface area contributed by atoms with Crippen LogP contribution in [-0.4, -0.2) is 27.9 Å². The van der Waals surface area contributed by atoms with E-state index in [0.717, 1.165) is 16.9 Å². The number of ketones is 1. The minimum Gasteiger partial charge on any atom is -0.466 e. The molecule has 2 aromatic rings. The topological polar surface area (TPSA) is 61.2 Å². The molecular weight excluding hydrogens is 256 g/mol. The number of Topliss-reactive ketones (excluding diaryl/α,β-unsaturated/α-hetero) is 1. The second-order valence-corrected chi connectivity index (χ2v) is 4.58. The lowest BCUT2D eigenvalue weighted by molar-refractivity contribution is -0.144. The van der Waals surface area contributed by atoms with Crippen LogP contribution in [0, 0.1) is 6.92 Å². The molecule has 0 fully saturated rings. The molecule has 1 aromatic carbocycles. The molecule has 106 valence electrons. The fourth-order valence-corrected chi connectivity index (χ4v) is 2.13. The highest BCUT2D eigenvalue weighted by Gasteiger charge is 2.12. The summed E-state index contributed by atoms with van der Waals surface area (Å²) in [4.78, 5) is 27.6. The van der Waals surface area contributed by atoms with Crippen LogP contribution in [0.3, 0.4) is 0 Å². The third-order valence-electron chi connectivity index (χ3n) is 3.09. The van der Waals surface area contributed by atoms with Crippen molar-refractivity contribution >= 4 is 22.8 Å². The van der Waals surface area contributed by atoms with Crippen LogP contribution in [0.2, 0.25) is 0 Å². The predicted octanol–water partition coefficient (Wildman–Crippen LogP) is 2.26. The lowest BCUT2D eigenvalue weighted by Gasteiger charge is -2.06. The van der Waals surface area contributed by atoms with Gasteiger partial charge in [0.1, 0.15) is 5.82 Å². The molecule has 0 amide bonds. The van der Waals surface area contributed by atoms with Gasteiger partial charge in [-0.3, -0.25) is 9.59 Å². The third-order valence-corrected chi connectivity index (χ3v) is 3.09. The molecule has 0 spiro atoms. The number of carbonyl (C=O) groups excluding carboxylic acids is 2. The second-order valence-electron chi connectivity index (χ2n) is 4.58. The SMILES string of the molecule is CCOC(=O)CCC(=O)Cn1c(C)nc2ccccc21. The van der Waals surface area contributed by atoms with E-state index in [0.29, 0.717) is 6.61 Å². The number of imidazole rings is 1. The molecule has 0 aliphatic rings. The Morgan fingerprint density at radius 1 is 1.25 bits per heavy atom. The molecule has 0 bridgehead atoms. The van der Waals surface area contributed by atoms with Crippen molar-refractivity contribution < 1.29 is 14.3 Å². The van der Waals surface area contributed by atoms with Gasteiger partial charge >= 0.3 is 5.97 Å². The van der Waals surface area contributed by atoms with E-state index in [1.165, 1.54) is 0 Å². The number of hydrogen-bond acceptors (Lipinski definition) is 4. The van der Waals surface area contributed by atoms with Crippen LogP contribution in [0.15, 0.2) is 24.3 Å². The zero-order chi connectivity index (χ0) is 14.5. The van der Waals surface area contributed by atoms with Crippen molar-refractivity contribution in [1.29, 1.82) is 0 Å². The van der Waals surface area contributed by atoms with Crippen molar-refractivity contribution in [3.05, 3.63) is 30.1 Å². The van der Waals surface area contributed by atoms with Gasteiger partial charge < -0.3 is 9.30 Å². The first-order chi connectivity index (χ1) is 9.61. The van der Waals surface area contributed by atoms with Crippen LogP contribution in [0.5, 0.6) is 0 Å². The van der Waals surface area contributed by atoms with E-state index < -0.39 is 0 Å². The van der Waals surface area contributed by atoms with E-state index in [4.69, 9.17) is 4.74 Å². The van der Waals surface area contributed by atoms with Gasteiger partial charge in [-0.25, -0.2) is 4.98 Å². The second kappa shape index (κ2) is 6.32. The van der Waals surface area contributed by atoms with Gasteiger partial charge in [0.05, 0.1) is 30.6 Å². The number of ether oxygens (including phenoxy) is 1. The first-order valence-electron chi connectivity index (χ1n) is 6.71. The quantitative estimate of drug-likeness (QED) is 0.758. The van der Waals surface area contributed by atoms with Crippen LogP contribution < -0.4 is 0 Å². The highest BCUT2D eigenvalue weighted by molar-refractivity contribution is 5.85. The van der Waals surface area contributed by atoms with Crippen LogP contribution >= 0.6 is 0 Å². The van der Waals surface area contributed by atoms with Gasteiger partial charge in [0.15, 0.2) is 5.78 Å². The average molecular weight is 274 g/mol. The number of fused-ring (bicyclic) bond motifs is 1. The Hall–Kier alpha value is -2.17. The number of aryl methyl sites for hydroxylation is 1. The van der Waals surface area contributed by atoms with Crippen molar-refractivity contribution in [3.63, 3.8) is 0 Å². The summed E-state index contributed by atoms with van der Waals surface area (Å²) >= 11 is 0. The summed E-state index contributed by atoms with van der Waals surface area (Å²) in [7, 11) is 0. The van der Waals surface area contributed by atoms with E-state index in [9.17, 15) is 9.59 Å². The van der Waals surface area contributed by atoms with Crippen LogP contribution in [0.4, 0.5) is 0 Å².